The van der Waals surface area contributed by atoms with E-state index in [2.05, 4.69) is 5.32 Å². The summed E-state index contributed by atoms with van der Waals surface area (Å²) in [7, 11) is 3.20. The summed E-state index contributed by atoms with van der Waals surface area (Å²) >= 11 is 0. The Bertz CT molecular complexity index is 543. The molecule has 0 aliphatic carbocycles. The molecule has 0 radical (unpaired) electrons. The standard InChI is InChI=1S/C16H19NO3/c1-19-15-9-8-12(10-16(15)20-2)14(11-18)17-13-6-4-3-5-7-13/h3-10,14,17-18H,11H2,1-2H3. The van der Waals surface area contributed by atoms with Crippen LogP contribution in [0.3, 0.4) is 0 Å². The number of hydrogen-bond donors (Lipinski definition) is 2. The van der Waals surface area contributed by atoms with Crippen LogP contribution in [0.4, 0.5) is 5.69 Å². The van der Waals surface area contributed by atoms with Crippen molar-refractivity contribution in [2.45, 2.75) is 6.04 Å². The molecule has 1 unspecified atom stereocenters. The van der Waals surface area contributed by atoms with Crippen LogP contribution in [0, 0.1) is 0 Å². The fourth-order valence-electron chi connectivity index (χ4n) is 2.04. The fraction of sp³-hybridized carbons (Fsp3) is 0.250. The second-order valence-electron chi connectivity index (χ2n) is 4.36. The quantitative estimate of drug-likeness (QED) is 0.849. The van der Waals surface area contributed by atoms with Gasteiger partial charge in [-0.2, -0.15) is 0 Å². The van der Waals surface area contributed by atoms with Gasteiger partial charge in [0.2, 0.25) is 0 Å². The summed E-state index contributed by atoms with van der Waals surface area (Å²) in [6, 6.07) is 15.2. The van der Waals surface area contributed by atoms with Gasteiger partial charge in [0.05, 0.1) is 26.9 Å². The Morgan fingerprint density at radius 2 is 1.70 bits per heavy atom. The second kappa shape index (κ2) is 6.82. The van der Waals surface area contributed by atoms with E-state index in [1.807, 2.05) is 48.5 Å². The number of methoxy groups -OCH3 is 2. The largest absolute Gasteiger partial charge is 0.493 e. The van der Waals surface area contributed by atoms with Crippen molar-refractivity contribution in [2.24, 2.45) is 0 Å². The van der Waals surface area contributed by atoms with Crippen molar-refractivity contribution in [1.29, 1.82) is 0 Å². The normalized spacial score (nSPS) is 11.8. The van der Waals surface area contributed by atoms with Gasteiger partial charge in [-0.15, -0.1) is 0 Å². The zero-order valence-corrected chi connectivity index (χ0v) is 11.7. The van der Waals surface area contributed by atoms with Crippen molar-refractivity contribution in [3.63, 3.8) is 0 Å². The lowest BCUT2D eigenvalue weighted by atomic mass is 10.1. The summed E-state index contributed by atoms with van der Waals surface area (Å²) in [5.41, 5.74) is 1.90. The molecule has 0 aliphatic heterocycles. The number of hydrogen-bond acceptors (Lipinski definition) is 4. The maximum Gasteiger partial charge on any atom is 0.161 e. The monoisotopic (exact) mass is 273 g/mol. The van der Waals surface area contributed by atoms with E-state index in [0.717, 1.165) is 11.3 Å². The van der Waals surface area contributed by atoms with Crippen LogP contribution in [0.1, 0.15) is 11.6 Å². The topological polar surface area (TPSA) is 50.7 Å². The molecule has 0 fully saturated rings. The van der Waals surface area contributed by atoms with E-state index in [4.69, 9.17) is 9.47 Å². The number of aliphatic hydroxyl groups is 1. The zero-order chi connectivity index (χ0) is 14.4. The van der Waals surface area contributed by atoms with E-state index < -0.39 is 0 Å². The molecule has 0 bridgehead atoms. The zero-order valence-electron chi connectivity index (χ0n) is 11.7. The third-order valence-corrected chi connectivity index (χ3v) is 3.11. The number of para-hydroxylation sites is 1. The smallest absolute Gasteiger partial charge is 0.161 e. The Hall–Kier alpha value is -2.20. The van der Waals surface area contributed by atoms with Crippen LogP contribution in [-0.4, -0.2) is 25.9 Å². The summed E-state index contributed by atoms with van der Waals surface area (Å²) in [6.45, 7) is -0.00955. The predicted octanol–water partition coefficient (Wildman–Crippen LogP) is 2.85. The Labute approximate surface area is 119 Å². The van der Waals surface area contributed by atoms with Crippen LogP contribution in [0.2, 0.25) is 0 Å². The summed E-state index contributed by atoms with van der Waals surface area (Å²) in [6.07, 6.45) is 0. The van der Waals surface area contributed by atoms with Crippen LogP contribution in [0.15, 0.2) is 48.5 Å². The molecule has 0 spiro atoms. The molecule has 0 aliphatic rings. The highest BCUT2D eigenvalue weighted by atomic mass is 16.5. The molecule has 2 aromatic rings. The predicted molar refractivity (Wildman–Crippen MR) is 79.4 cm³/mol. The van der Waals surface area contributed by atoms with Crippen LogP contribution in [-0.2, 0) is 0 Å². The van der Waals surface area contributed by atoms with Crippen molar-refractivity contribution < 1.29 is 14.6 Å². The second-order valence-corrected chi connectivity index (χ2v) is 4.36. The first kappa shape index (κ1) is 14.2. The Kier molecular flexibility index (Phi) is 4.85. The van der Waals surface area contributed by atoms with Crippen LogP contribution < -0.4 is 14.8 Å². The van der Waals surface area contributed by atoms with Crippen LogP contribution in [0.5, 0.6) is 11.5 Å². The van der Waals surface area contributed by atoms with E-state index in [1.165, 1.54) is 0 Å². The van der Waals surface area contributed by atoms with Gasteiger partial charge in [0.15, 0.2) is 11.5 Å². The fourth-order valence-corrected chi connectivity index (χ4v) is 2.04. The molecule has 0 saturated heterocycles. The molecule has 0 heterocycles. The van der Waals surface area contributed by atoms with Crippen LogP contribution >= 0.6 is 0 Å². The van der Waals surface area contributed by atoms with Gasteiger partial charge in [-0.3, -0.25) is 0 Å². The molecule has 106 valence electrons. The molecule has 2 rings (SSSR count). The Morgan fingerprint density at radius 1 is 1.00 bits per heavy atom. The summed E-state index contributed by atoms with van der Waals surface area (Å²) in [5.74, 6) is 1.32. The van der Waals surface area contributed by atoms with Gasteiger partial charge in [-0.05, 0) is 29.8 Å². The van der Waals surface area contributed by atoms with Crippen molar-refractivity contribution in [3.05, 3.63) is 54.1 Å². The number of anilines is 1. The van der Waals surface area contributed by atoms with Gasteiger partial charge < -0.3 is 19.9 Å². The molecule has 1 atom stereocenters. The summed E-state index contributed by atoms with van der Waals surface area (Å²) in [4.78, 5) is 0. The number of aliphatic hydroxyl groups excluding tert-OH is 1. The molecule has 0 aromatic heterocycles. The Morgan fingerprint density at radius 3 is 2.30 bits per heavy atom. The van der Waals surface area contributed by atoms with Gasteiger partial charge in [0, 0.05) is 5.69 Å². The first-order valence-electron chi connectivity index (χ1n) is 6.43. The molecule has 2 N–H and O–H groups in total. The average Bonchev–Trinajstić information content (AvgIpc) is 2.53. The molecule has 0 amide bonds. The summed E-state index contributed by atoms with van der Waals surface area (Å²) < 4.78 is 10.5. The van der Waals surface area contributed by atoms with E-state index in [9.17, 15) is 5.11 Å². The first-order chi connectivity index (χ1) is 9.78. The van der Waals surface area contributed by atoms with Gasteiger partial charge >= 0.3 is 0 Å². The van der Waals surface area contributed by atoms with Gasteiger partial charge in [-0.25, -0.2) is 0 Å². The SMILES string of the molecule is COc1ccc(C(CO)Nc2ccccc2)cc1OC. The van der Waals surface area contributed by atoms with Gasteiger partial charge in [-0.1, -0.05) is 24.3 Å². The maximum absolute atomic E-state index is 9.60. The van der Waals surface area contributed by atoms with E-state index in [1.54, 1.807) is 14.2 Å². The minimum absolute atomic E-state index is 0.00955. The molecule has 20 heavy (non-hydrogen) atoms. The minimum Gasteiger partial charge on any atom is -0.493 e. The number of benzene rings is 2. The number of rotatable bonds is 6. The third kappa shape index (κ3) is 3.22. The molecule has 4 heteroatoms. The lowest BCUT2D eigenvalue weighted by Gasteiger charge is -2.19. The molecular formula is C16H19NO3. The highest BCUT2D eigenvalue weighted by Crippen LogP contribution is 2.31. The number of nitrogens with one attached hydrogen (secondary N) is 1. The third-order valence-electron chi connectivity index (χ3n) is 3.11. The van der Waals surface area contributed by atoms with Crippen molar-refractivity contribution >= 4 is 5.69 Å². The Balaban J connectivity index is 2.23. The lowest BCUT2D eigenvalue weighted by molar-refractivity contribution is 0.275. The van der Waals surface area contributed by atoms with Gasteiger partial charge in [0.1, 0.15) is 0 Å². The molecule has 2 aromatic carbocycles. The van der Waals surface area contributed by atoms with Crippen molar-refractivity contribution in [3.8, 4) is 11.5 Å². The molecule has 4 nitrogen and oxygen atoms in total. The highest BCUT2D eigenvalue weighted by Gasteiger charge is 2.13. The molecular weight excluding hydrogens is 254 g/mol. The van der Waals surface area contributed by atoms with E-state index in [0.29, 0.717) is 11.5 Å². The van der Waals surface area contributed by atoms with Crippen molar-refractivity contribution in [1.82, 2.24) is 0 Å². The number of ether oxygens (including phenoxy) is 2. The highest BCUT2D eigenvalue weighted by molar-refractivity contribution is 5.48. The van der Waals surface area contributed by atoms with Crippen LogP contribution in [0.25, 0.3) is 0 Å². The van der Waals surface area contributed by atoms with Gasteiger partial charge in [0.25, 0.3) is 0 Å². The minimum atomic E-state index is -0.197. The van der Waals surface area contributed by atoms with E-state index in [-0.39, 0.29) is 12.6 Å². The van der Waals surface area contributed by atoms with Crippen molar-refractivity contribution in [2.75, 3.05) is 26.1 Å². The maximum atomic E-state index is 9.60. The summed E-state index contributed by atoms with van der Waals surface area (Å²) in [5, 5.41) is 12.9. The van der Waals surface area contributed by atoms with E-state index >= 15 is 0 Å². The molecule has 0 saturated carbocycles. The average molecular weight is 273 g/mol. The lowest BCUT2D eigenvalue weighted by Crippen LogP contribution is -2.14. The first-order valence-corrected chi connectivity index (χ1v) is 6.43.